The van der Waals surface area contributed by atoms with E-state index in [4.69, 9.17) is 9.84 Å². The summed E-state index contributed by atoms with van der Waals surface area (Å²) >= 11 is 0.698. The Hall–Kier alpha value is -2.68. The topological polar surface area (TPSA) is 66.8 Å². The third kappa shape index (κ3) is 7.78. The van der Waals surface area contributed by atoms with E-state index in [1.807, 2.05) is 0 Å². The fourth-order valence-electron chi connectivity index (χ4n) is 2.90. The Kier molecular flexibility index (Phi) is 8.23. The Balaban J connectivity index is 2.34. The molecule has 0 radical (unpaired) electrons. The van der Waals surface area contributed by atoms with Crippen LogP contribution < -0.4 is 9.64 Å². The summed E-state index contributed by atoms with van der Waals surface area (Å²) in [5.41, 5.74) is 0.947. The van der Waals surface area contributed by atoms with Crippen molar-refractivity contribution in [2.75, 3.05) is 17.7 Å². The number of carboxylic acids is 1. The number of hydrogen-bond donors (Lipinski definition) is 1. The number of carboxylic acid groups (broad SMARTS) is 1. The number of aliphatic carboxylic acids is 1. The predicted octanol–water partition coefficient (Wildman–Crippen LogP) is 5.91. The molecule has 174 valence electrons. The molecule has 2 aromatic carbocycles. The molecule has 1 amide bonds. The van der Waals surface area contributed by atoms with Crippen molar-refractivity contribution in [1.29, 1.82) is 0 Å². The number of rotatable bonds is 8. The zero-order chi connectivity index (χ0) is 24.1. The Morgan fingerprint density at radius 1 is 1.09 bits per heavy atom. The first-order chi connectivity index (χ1) is 14.8. The van der Waals surface area contributed by atoms with Crippen LogP contribution in [0.2, 0.25) is 0 Å². The first-order valence-electron chi connectivity index (χ1n) is 9.80. The highest BCUT2D eigenvalue weighted by Gasteiger charge is 2.28. The van der Waals surface area contributed by atoms with Gasteiger partial charge in [-0.15, -0.1) is 11.8 Å². The number of anilines is 1. The maximum atomic E-state index is 12.6. The number of thioether (sulfide) groups is 1. The Morgan fingerprint density at radius 3 is 2.38 bits per heavy atom. The minimum absolute atomic E-state index is 0.0229. The summed E-state index contributed by atoms with van der Waals surface area (Å²) in [5.74, 6) is -1.40. The second kappa shape index (κ2) is 10.3. The molecule has 0 aliphatic rings. The van der Waals surface area contributed by atoms with Crippen LogP contribution in [-0.4, -0.2) is 36.0 Å². The quantitative estimate of drug-likeness (QED) is 0.521. The lowest BCUT2D eigenvalue weighted by Gasteiger charge is -2.27. The number of amides is 1. The van der Waals surface area contributed by atoms with Crippen LogP contribution in [0.3, 0.4) is 0 Å². The number of carbonyl (C=O) groups excluding carboxylic acids is 1. The molecule has 0 aliphatic heterocycles. The molecular formula is C23H26F3NO4S. The predicted molar refractivity (Wildman–Crippen MR) is 119 cm³/mol. The summed E-state index contributed by atoms with van der Waals surface area (Å²) in [6.45, 7) is 5.36. The summed E-state index contributed by atoms with van der Waals surface area (Å²) < 4.78 is 43.8. The molecule has 0 atom stereocenters. The number of hydrogen-bond acceptors (Lipinski definition) is 4. The van der Waals surface area contributed by atoms with Crippen molar-refractivity contribution in [3.05, 3.63) is 53.6 Å². The molecule has 1 N–H and O–H groups in total. The van der Waals surface area contributed by atoms with Crippen LogP contribution >= 0.6 is 11.8 Å². The van der Waals surface area contributed by atoms with Gasteiger partial charge in [-0.2, -0.15) is 13.2 Å². The zero-order valence-corrected chi connectivity index (χ0v) is 19.1. The maximum absolute atomic E-state index is 12.6. The van der Waals surface area contributed by atoms with Gasteiger partial charge in [0.2, 0.25) is 5.91 Å². The van der Waals surface area contributed by atoms with Gasteiger partial charge in [0.05, 0.1) is 12.2 Å². The number of ether oxygens (including phenoxy) is 1. The monoisotopic (exact) mass is 469 g/mol. The van der Waals surface area contributed by atoms with Crippen molar-refractivity contribution < 1.29 is 32.6 Å². The van der Waals surface area contributed by atoms with Gasteiger partial charge in [0.15, 0.2) is 0 Å². The van der Waals surface area contributed by atoms with Gasteiger partial charge >= 0.3 is 12.1 Å². The van der Waals surface area contributed by atoms with Gasteiger partial charge in [0.1, 0.15) is 11.5 Å². The minimum Gasteiger partial charge on any atom is -0.481 e. The Morgan fingerprint density at radius 2 is 1.78 bits per heavy atom. The summed E-state index contributed by atoms with van der Waals surface area (Å²) in [6.07, 6.45) is -4.47. The summed E-state index contributed by atoms with van der Waals surface area (Å²) in [4.78, 5) is 25.0. The van der Waals surface area contributed by atoms with Gasteiger partial charge < -0.3 is 14.7 Å². The van der Waals surface area contributed by atoms with Crippen molar-refractivity contribution in [3.8, 4) is 11.5 Å². The van der Waals surface area contributed by atoms with Crippen LogP contribution in [0.1, 0.15) is 31.9 Å². The summed E-state index contributed by atoms with van der Waals surface area (Å²) in [7, 11) is 1.62. The highest BCUT2D eigenvalue weighted by Crippen LogP contribution is 2.34. The molecule has 0 unspecified atom stereocenters. The highest BCUT2D eigenvalue weighted by atomic mass is 32.2. The standard InChI is InChI=1S/C23H26F3NO4S/c1-22(2,3)21(30)27(4)17-8-9-19(16(12-17)13-32-14-23(24,25)26)31-18-7-5-6-15(10-18)11-20(28)29/h5-10,12H,11,13-14H2,1-4H3,(H,28,29). The van der Waals surface area contributed by atoms with Crippen molar-refractivity contribution in [2.24, 2.45) is 5.41 Å². The van der Waals surface area contributed by atoms with Gasteiger partial charge in [-0.3, -0.25) is 9.59 Å². The molecule has 9 heteroatoms. The molecular weight excluding hydrogens is 443 g/mol. The van der Waals surface area contributed by atoms with Crippen LogP contribution in [0.4, 0.5) is 18.9 Å². The number of halogens is 3. The van der Waals surface area contributed by atoms with Crippen molar-refractivity contribution >= 4 is 29.3 Å². The lowest BCUT2D eigenvalue weighted by atomic mass is 9.94. The van der Waals surface area contributed by atoms with E-state index in [0.717, 1.165) is 0 Å². The summed E-state index contributed by atoms with van der Waals surface area (Å²) in [6, 6.07) is 11.4. The molecule has 0 aromatic heterocycles. The van der Waals surface area contributed by atoms with E-state index >= 15 is 0 Å². The van der Waals surface area contributed by atoms with E-state index in [1.165, 1.54) is 4.90 Å². The first kappa shape index (κ1) is 25.6. The molecule has 5 nitrogen and oxygen atoms in total. The fourth-order valence-corrected chi connectivity index (χ4v) is 3.68. The van der Waals surface area contributed by atoms with Crippen molar-refractivity contribution in [3.63, 3.8) is 0 Å². The van der Waals surface area contributed by atoms with Crippen molar-refractivity contribution in [2.45, 2.75) is 39.1 Å². The second-order valence-electron chi connectivity index (χ2n) is 8.33. The molecule has 0 heterocycles. The normalized spacial score (nSPS) is 11.8. The highest BCUT2D eigenvalue weighted by molar-refractivity contribution is 7.98. The van der Waals surface area contributed by atoms with Gasteiger partial charge in [0, 0.05) is 29.5 Å². The maximum Gasteiger partial charge on any atom is 0.397 e. The SMILES string of the molecule is CN(C(=O)C(C)(C)C)c1ccc(Oc2cccc(CC(=O)O)c2)c(CSCC(F)(F)F)c1. The Bertz CT molecular complexity index is 970. The third-order valence-corrected chi connectivity index (χ3v) is 5.43. The molecule has 2 rings (SSSR count). The number of alkyl halides is 3. The van der Waals surface area contributed by atoms with E-state index in [9.17, 15) is 22.8 Å². The number of nitrogens with zero attached hydrogens (tertiary/aromatic N) is 1. The van der Waals surface area contributed by atoms with Crippen LogP contribution in [0, 0.1) is 5.41 Å². The molecule has 0 fully saturated rings. The van der Waals surface area contributed by atoms with Crippen molar-refractivity contribution in [1.82, 2.24) is 0 Å². The van der Waals surface area contributed by atoms with Crippen LogP contribution in [0.25, 0.3) is 0 Å². The Labute approximate surface area is 189 Å². The van der Waals surface area contributed by atoms with Gasteiger partial charge in [0.25, 0.3) is 0 Å². The van der Waals surface area contributed by atoms with E-state index in [-0.39, 0.29) is 18.1 Å². The van der Waals surface area contributed by atoms with E-state index in [0.29, 0.717) is 40.1 Å². The zero-order valence-electron chi connectivity index (χ0n) is 18.3. The number of benzene rings is 2. The smallest absolute Gasteiger partial charge is 0.397 e. The third-order valence-electron chi connectivity index (χ3n) is 4.38. The summed E-state index contributed by atoms with van der Waals surface area (Å²) in [5, 5.41) is 8.97. The lowest BCUT2D eigenvalue weighted by Crippen LogP contribution is -2.36. The van der Waals surface area contributed by atoms with Crippen LogP contribution in [0.15, 0.2) is 42.5 Å². The first-order valence-corrected chi connectivity index (χ1v) is 11.0. The molecule has 0 bridgehead atoms. The van der Waals surface area contributed by atoms with Gasteiger partial charge in [-0.05, 0) is 35.9 Å². The van der Waals surface area contributed by atoms with E-state index in [1.54, 1.807) is 70.3 Å². The van der Waals surface area contributed by atoms with E-state index < -0.39 is 23.3 Å². The fraction of sp³-hybridized carbons (Fsp3) is 0.391. The van der Waals surface area contributed by atoms with Gasteiger partial charge in [-0.1, -0.05) is 32.9 Å². The average molecular weight is 470 g/mol. The molecule has 0 saturated heterocycles. The largest absolute Gasteiger partial charge is 0.481 e. The van der Waals surface area contributed by atoms with Crippen LogP contribution in [-0.2, 0) is 21.8 Å². The molecule has 32 heavy (non-hydrogen) atoms. The van der Waals surface area contributed by atoms with Crippen LogP contribution in [0.5, 0.6) is 11.5 Å². The molecule has 2 aromatic rings. The second-order valence-corrected chi connectivity index (χ2v) is 9.32. The lowest BCUT2D eigenvalue weighted by molar-refractivity contribution is -0.136. The molecule has 0 aliphatic carbocycles. The van der Waals surface area contributed by atoms with E-state index in [2.05, 4.69) is 0 Å². The average Bonchev–Trinajstić information content (AvgIpc) is 2.66. The van der Waals surface area contributed by atoms with Gasteiger partial charge in [-0.25, -0.2) is 0 Å². The number of carbonyl (C=O) groups is 2. The minimum atomic E-state index is -4.30. The molecule has 0 saturated carbocycles. The molecule has 0 spiro atoms.